The van der Waals surface area contributed by atoms with Crippen LogP contribution < -0.4 is 16.6 Å². The van der Waals surface area contributed by atoms with Crippen LogP contribution in [0.1, 0.15) is 24.9 Å². The molecule has 0 radical (unpaired) electrons. The van der Waals surface area contributed by atoms with E-state index in [9.17, 15) is 4.79 Å². The number of hydrazine groups is 1. The van der Waals surface area contributed by atoms with E-state index in [2.05, 4.69) is 27.7 Å². The van der Waals surface area contributed by atoms with Gasteiger partial charge in [-0.2, -0.15) is 0 Å². The van der Waals surface area contributed by atoms with Crippen molar-refractivity contribution in [1.29, 1.82) is 0 Å². The summed E-state index contributed by atoms with van der Waals surface area (Å²) in [6.07, 6.45) is 0.507. The lowest BCUT2D eigenvalue weighted by Gasteiger charge is -2.30. The smallest absolute Gasteiger partial charge is 0.234 e. The number of anilines is 1. The number of amides is 1. The molecule has 4 rings (SSSR count). The van der Waals surface area contributed by atoms with Crippen LogP contribution in [0.15, 0.2) is 34.7 Å². The Balaban J connectivity index is 1.69. The highest BCUT2D eigenvalue weighted by Gasteiger charge is 2.27. The van der Waals surface area contributed by atoms with Crippen molar-refractivity contribution < 1.29 is 9.21 Å². The second kappa shape index (κ2) is 5.13. The molecule has 1 aliphatic rings. The van der Waals surface area contributed by atoms with E-state index < -0.39 is 0 Å². The monoisotopic (exact) mass is 311 g/mol. The van der Waals surface area contributed by atoms with Gasteiger partial charge >= 0.3 is 0 Å². The molecular formula is C16H17N5O2. The third-order valence-electron chi connectivity index (χ3n) is 4.17. The van der Waals surface area contributed by atoms with Crippen LogP contribution >= 0.6 is 0 Å². The molecule has 23 heavy (non-hydrogen) atoms. The van der Waals surface area contributed by atoms with Crippen LogP contribution in [0.2, 0.25) is 0 Å². The normalized spacial score (nSPS) is 21.5. The third-order valence-corrected chi connectivity index (χ3v) is 4.17. The molecule has 3 aromatic rings. The molecule has 1 saturated heterocycles. The number of rotatable bonds is 2. The Hall–Kier alpha value is -2.80. The average molecular weight is 311 g/mol. The van der Waals surface area contributed by atoms with Gasteiger partial charge in [-0.25, -0.2) is 10.4 Å². The molecule has 2 aromatic heterocycles. The Labute approximate surface area is 132 Å². The molecule has 2 atom stereocenters. The van der Waals surface area contributed by atoms with E-state index in [1.807, 2.05) is 18.2 Å². The molecule has 1 fully saturated rings. The summed E-state index contributed by atoms with van der Waals surface area (Å²) in [4.78, 5) is 19.2. The number of nitrogens with one attached hydrogen (secondary N) is 3. The number of imidazole rings is 1. The third kappa shape index (κ3) is 2.44. The molecule has 0 aliphatic carbocycles. The number of hydrogen-bond donors (Lipinski definition) is 4. The predicted octanol–water partition coefficient (Wildman–Crippen LogP) is 2.11. The largest absolute Gasteiger partial charge is 0.438 e. The molecule has 118 valence electrons. The van der Waals surface area contributed by atoms with Gasteiger partial charge in [-0.1, -0.05) is 13.0 Å². The van der Waals surface area contributed by atoms with Crippen LogP contribution in [0.25, 0.3) is 22.6 Å². The summed E-state index contributed by atoms with van der Waals surface area (Å²) in [5.41, 5.74) is 14.2. The van der Waals surface area contributed by atoms with Crippen LogP contribution in [0.3, 0.4) is 0 Å². The Morgan fingerprint density at radius 2 is 2.17 bits per heavy atom. The lowest BCUT2D eigenvalue weighted by Crippen LogP contribution is -2.48. The van der Waals surface area contributed by atoms with E-state index in [0.717, 1.165) is 16.6 Å². The fourth-order valence-electron chi connectivity index (χ4n) is 2.99. The lowest BCUT2D eigenvalue weighted by molar-refractivity contribution is -0.125. The first-order valence-electron chi connectivity index (χ1n) is 7.50. The van der Waals surface area contributed by atoms with Crippen LogP contribution in [-0.4, -0.2) is 15.9 Å². The molecule has 2 unspecified atom stereocenters. The van der Waals surface area contributed by atoms with Gasteiger partial charge in [0.1, 0.15) is 0 Å². The van der Waals surface area contributed by atoms with E-state index >= 15 is 0 Å². The van der Waals surface area contributed by atoms with E-state index in [1.165, 1.54) is 0 Å². The zero-order valence-electron chi connectivity index (χ0n) is 12.6. The van der Waals surface area contributed by atoms with Crippen LogP contribution in [-0.2, 0) is 4.79 Å². The van der Waals surface area contributed by atoms with Crippen molar-refractivity contribution in [3.05, 3.63) is 35.9 Å². The number of carbonyl (C=O) groups excluding carboxylic acids is 1. The molecule has 3 heterocycles. The van der Waals surface area contributed by atoms with E-state index in [0.29, 0.717) is 23.9 Å². The number of aromatic nitrogens is 2. The number of nitrogens with two attached hydrogens (primary N) is 1. The fourth-order valence-corrected chi connectivity index (χ4v) is 2.99. The number of hydrogen-bond acceptors (Lipinski definition) is 5. The second-order valence-electron chi connectivity index (χ2n) is 5.92. The summed E-state index contributed by atoms with van der Waals surface area (Å²) < 4.78 is 5.40. The number of nitrogens with zero attached hydrogens (tertiary/aromatic N) is 1. The summed E-state index contributed by atoms with van der Waals surface area (Å²) in [6, 6.07) is 9.59. The van der Waals surface area contributed by atoms with Crippen LogP contribution in [0.5, 0.6) is 0 Å². The molecule has 7 heteroatoms. The summed E-state index contributed by atoms with van der Waals surface area (Å²) in [5, 5.41) is 0. The van der Waals surface area contributed by atoms with Gasteiger partial charge in [-0.05, 0) is 29.7 Å². The number of carbonyl (C=O) groups is 1. The molecular weight excluding hydrogens is 294 g/mol. The van der Waals surface area contributed by atoms with Gasteiger partial charge in [-0.15, -0.1) is 0 Å². The summed E-state index contributed by atoms with van der Waals surface area (Å²) >= 11 is 0. The van der Waals surface area contributed by atoms with Crippen molar-refractivity contribution in [2.45, 2.75) is 19.4 Å². The van der Waals surface area contributed by atoms with Crippen LogP contribution in [0, 0.1) is 5.92 Å². The minimum Gasteiger partial charge on any atom is -0.438 e. The molecule has 0 saturated carbocycles. The first-order chi connectivity index (χ1) is 11.1. The van der Waals surface area contributed by atoms with Gasteiger partial charge in [0.2, 0.25) is 5.91 Å². The van der Waals surface area contributed by atoms with Gasteiger partial charge < -0.3 is 15.1 Å². The fraction of sp³-hybridized carbons (Fsp3) is 0.250. The highest BCUT2D eigenvalue weighted by atomic mass is 16.4. The molecule has 1 amide bonds. The number of H-pyrrole nitrogens is 1. The average Bonchev–Trinajstić information content (AvgIpc) is 3.12. The summed E-state index contributed by atoms with van der Waals surface area (Å²) in [5.74, 6) is 1.84. The maximum atomic E-state index is 11.4. The van der Waals surface area contributed by atoms with Crippen molar-refractivity contribution >= 4 is 22.8 Å². The van der Waals surface area contributed by atoms with Gasteiger partial charge in [0.15, 0.2) is 17.5 Å². The topological polar surface area (TPSA) is 109 Å². The number of benzene rings is 1. The summed E-state index contributed by atoms with van der Waals surface area (Å²) in [6.45, 7) is 2.06. The maximum absolute atomic E-state index is 11.4. The van der Waals surface area contributed by atoms with E-state index in [-0.39, 0.29) is 17.9 Å². The van der Waals surface area contributed by atoms with Gasteiger partial charge in [0, 0.05) is 12.5 Å². The van der Waals surface area contributed by atoms with Crippen molar-refractivity contribution in [3.63, 3.8) is 0 Å². The Bertz CT molecular complexity index is 882. The highest BCUT2D eigenvalue weighted by molar-refractivity contribution is 5.80. The zero-order valence-corrected chi connectivity index (χ0v) is 12.6. The van der Waals surface area contributed by atoms with Crippen molar-refractivity contribution in [2.24, 2.45) is 5.92 Å². The molecule has 1 aliphatic heterocycles. The van der Waals surface area contributed by atoms with Crippen molar-refractivity contribution in [1.82, 2.24) is 20.8 Å². The van der Waals surface area contributed by atoms with E-state index in [4.69, 9.17) is 10.2 Å². The highest BCUT2D eigenvalue weighted by Crippen LogP contribution is 2.29. The Kier molecular flexibility index (Phi) is 3.09. The van der Waals surface area contributed by atoms with Gasteiger partial charge in [0.05, 0.1) is 17.1 Å². The van der Waals surface area contributed by atoms with Crippen molar-refractivity contribution in [3.8, 4) is 11.6 Å². The first-order valence-corrected chi connectivity index (χ1v) is 7.50. The number of nitrogen functional groups attached to an aromatic ring is 1. The van der Waals surface area contributed by atoms with Crippen molar-refractivity contribution in [2.75, 3.05) is 5.73 Å². The number of fused-ring (bicyclic) bond motifs is 1. The van der Waals surface area contributed by atoms with E-state index in [1.54, 1.807) is 12.1 Å². The number of aromatic amines is 1. The molecule has 7 nitrogen and oxygen atoms in total. The minimum absolute atomic E-state index is 0.0206. The molecule has 1 aromatic carbocycles. The number of furan rings is 1. The molecule has 0 spiro atoms. The summed E-state index contributed by atoms with van der Waals surface area (Å²) in [7, 11) is 0. The predicted molar refractivity (Wildman–Crippen MR) is 86.0 cm³/mol. The molecule has 5 N–H and O–H groups in total. The minimum atomic E-state index is 0.0206. The van der Waals surface area contributed by atoms with Crippen LogP contribution in [0.4, 0.5) is 5.88 Å². The molecule has 0 bridgehead atoms. The quantitative estimate of drug-likeness (QED) is 0.579. The van der Waals surface area contributed by atoms with Gasteiger partial charge in [0.25, 0.3) is 0 Å². The standard InChI is InChI=1S/C16H17N5O2/c1-8-6-14(22)20-21-15(8)9-2-3-10-11(7-9)19-16(18-10)12-4-5-13(17)23-12/h2-5,7-8,15,21H,6,17H2,1H3,(H,18,19)(H,20,22). The lowest BCUT2D eigenvalue weighted by atomic mass is 9.90. The maximum Gasteiger partial charge on any atom is 0.234 e. The Morgan fingerprint density at radius 3 is 2.91 bits per heavy atom. The zero-order chi connectivity index (χ0) is 16.0. The Morgan fingerprint density at radius 1 is 1.30 bits per heavy atom. The first kappa shape index (κ1) is 13.8. The second-order valence-corrected chi connectivity index (χ2v) is 5.92. The SMILES string of the molecule is CC1CC(=O)NNC1c1ccc2[nH]c(-c3ccc(N)o3)nc2c1. The van der Waals surface area contributed by atoms with Gasteiger partial charge in [-0.3, -0.25) is 10.2 Å².